The number of aliphatic hydroxyl groups excluding tert-OH is 1. The van der Waals surface area contributed by atoms with Gasteiger partial charge in [0.25, 0.3) is 0 Å². The van der Waals surface area contributed by atoms with Crippen molar-refractivity contribution >= 4 is 12.0 Å². The van der Waals surface area contributed by atoms with Crippen molar-refractivity contribution in [1.29, 1.82) is 0 Å². The Kier molecular flexibility index (Phi) is 6.14. The summed E-state index contributed by atoms with van der Waals surface area (Å²) in [5.74, 6) is 0.259. The number of nitrogens with zero attached hydrogens (tertiary/aromatic N) is 1. The van der Waals surface area contributed by atoms with Gasteiger partial charge < -0.3 is 15.2 Å². The minimum atomic E-state index is -0.696. The molecule has 0 aromatic heterocycles. The lowest BCUT2D eigenvalue weighted by Crippen LogP contribution is -2.50. The summed E-state index contributed by atoms with van der Waals surface area (Å²) in [4.78, 5) is 26.5. The minimum Gasteiger partial charge on any atom is -0.445 e. The number of amides is 2. The van der Waals surface area contributed by atoms with E-state index >= 15 is 0 Å². The Morgan fingerprint density at radius 1 is 1.23 bits per heavy atom. The quantitative estimate of drug-likeness (QED) is 0.864. The van der Waals surface area contributed by atoms with Crippen molar-refractivity contribution in [3.05, 3.63) is 35.9 Å². The van der Waals surface area contributed by atoms with Crippen LogP contribution in [0.4, 0.5) is 4.79 Å². The molecule has 4 atom stereocenters. The highest BCUT2D eigenvalue weighted by atomic mass is 16.6. The Hall–Kier alpha value is -2.08. The van der Waals surface area contributed by atoms with E-state index in [1.165, 1.54) is 11.3 Å². The first-order valence-electron chi connectivity index (χ1n) is 9.50. The molecule has 1 aromatic carbocycles. The zero-order chi connectivity index (χ0) is 18.5. The zero-order valence-corrected chi connectivity index (χ0v) is 15.3. The third-order valence-corrected chi connectivity index (χ3v) is 5.46. The number of nitrogens with one attached hydrogen (secondary N) is 1. The van der Waals surface area contributed by atoms with Gasteiger partial charge in [0.2, 0.25) is 5.91 Å². The molecular weight excluding hydrogens is 332 g/mol. The first kappa shape index (κ1) is 18.7. The number of hydrogen-bond donors (Lipinski definition) is 2. The average Bonchev–Trinajstić information content (AvgIpc) is 3.04. The van der Waals surface area contributed by atoms with Crippen LogP contribution >= 0.6 is 0 Å². The van der Waals surface area contributed by atoms with E-state index in [2.05, 4.69) is 12.2 Å². The van der Waals surface area contributed by atoms with Crippen LogP contribution in [0.5, 0.6) is 0 Å². The van der Waals surface area contributed by atoms with Crippen molar-refractivity contribution in [2.75, 3.05) is 6.54 Å². The Labute approximate surface area is 154 Å². The number of carbonyl (C=O) groups is 2. The molecule has 142 valence electrons. The molecule has 0 radical (unpaired) electrons. The van der Waals surface area contributed by atoms with Crippen molar-refractivity contribution in [1.82, 2.24) is 10.2 Å². The first-order chi connectivity index (χ1) is 12.5. The van der Waals surface area contributed by atoms with Crippen LogP contribution in [-0.4, -0.2) is 46.7 Å². The molecule has 2 fully saturated rings. The van der Waals surface area contributed by atoms with Crippen LogP contribution in [0, 0.1) is 5.92 Å². The van der Waals surface area contributed by atoms with Gasteiger partial charge in [-0.3, -0.25) is 9.69 Å². The maximum absolute atomic E-state index is 12.7. The SMILES string of the molecule is C[C@@H]1CCCC[C@H]1NC(=O)[C@@H]1C[C@@H](O)CN1C(=O)OCc1ccccc1. The fourth-order valence-corrected chi connectivity index (χ4v) is 3.88. The Balaban J connectivity index is 1.58. The number of β-amino-alcohol motifs (C(OH)–C–C–N with tert-alkyl or cyclic N) is 1. The van der Waals surface area contributed by atoms with Crippen molar-refractivity contribution in [3.63, 3.8) is 0 Å². The summed E-state index contributed by atoms with van der Waals surface area (Å²) in [5.41, 5.74) is 0.887. The second-order valence-electron chi connectivity index (χ2n) is 7.47. The molecule has 1 saturated heterocycles. The van der Waals surface area contributed by atoms with E-state index in [-0.39, 0.29) is 31.5 Å². The standard InChI is InChI=1S/C20H28N2O4/c1-14-7-5-6-10-17(14)21-19(24)18-11-16(23)12-22(18)20(25)26-13-15-8-3-2-4-9-15/h2-4,8-9,14,16-18,23H,5-7,10-13H2,1H3,(H,21,24)/t14-,16-,17-,18+/m1/s1. The Bertz CT molecular complexity index is 621. The molecule has 1 saturated carbocycles. The van der Waals surface area contributed by atoms with E-state index in [4.69, 9.17) is 4.74 Å². The van der Waals surface area contributed by atoms with E-state index in [0.717, 1.165) is 24.8 Å². The predicted molar refractivity (Wildman–Crippen MR) is 97.3 cm³/mol. The molecule has 1 aliphatic carbocycles. The molecule has 0 bridgehead atoms. The molecule has 3 rings (SSSR count). The summed E-state index contributed by atoms with van der Waals surface area (Å²) in [6, 6.07) is 8.89. The summed E-state index contributed by atoms with van der Waals surface area (Å²) in [7, 11) is 0. The smallest absolute Gasteiger partial charge is 0.410 e. The molecule has 1 aromatic rings. The van der Waals surface area contributed by atoms with Gasteiger partial charge in [0.1, 0.15) is 12.6 Å². The molecule has 0 spiro atoms. The highest BCUT2D eigenvalue weighted by Crippen LogP contribution is 2.25. The van der Waals surface area contributed by atoms with Crippen LogP contribution in [0.15, 0.2) is 30.3 Å². The number of hydrogen-bond acceptors (Lipinski definition) is 4. The highest BCUT2D eigenvalue weighted by Gasteiger charge is 2.40. The largest absolute Gasteiger partial charge is 0.445 e. The highest BCUT2D eigenvalue weighted by molar-refractivity contribution is 5.86. The monoisotopic (exact) mass is 360 g/mol. The van der Waals surface area contributed by atoms with Crippen LogP contribution in [0.2, 0.25) is 0 Å². The van der Waals surface area contributed by atoms with Gasteiger partial charge in [-0.25, -0.2) is 4.79 Å². The van der Waals surface area contributed by atoms with Gasteiger partial charge in [0, 0.05) is 12.5 Å². The van der Waals surface area contributed by atoms with Gasteiger partial charge in [0.05, 0.1) is 12.6 Å². The topological polar surface area (TPSA) is 78.9 Å². The van der Waals surface area contributed by atoms with Crippen LogP contribution in [0.3, 0.4) is 0 Å². The van der Waals surface area contributed by atoms with Crippen LogP contribution in [0.25, 0.3) is 0 Å². The zero-order valence-electron chi connectivity index (χ0n) is 15.3. The molecule has 6 nitrogen and oxygen atoms in total. The summed E-state index contributed by atoms with van der Waals surface area (Å²) >= 11 is 0. The maximum Gasteiger partial charge on any atom is 0.410 e. The molecule has 1 heterocycles. The third-order valence-electron chi connectivity index (χ3n) is 5.46. The van der Waals surface area contributed by atoms with Crippen molar-refractivity contribution in [3.8, 4) is 0 Å². The summed E-state index contributed by atoms with van der Waals surface area (Å²) in [6.45, 7) is 2.44. The van der Waals surface area contributed by atoms with E-state index in [0.29, 0.717) is 5.92 Å². The lowest BCUT2D eigenvalue weighted by molar-refractivity contribution is -0.126. The first-order valence-corrected chi connectivity index (χ1v) is 9.50. The van der Waals surface area contributed by atoms with Gasteiger partial charge >= 0.3 is 6.09 Å². The number of likely N-dealkylation sites (tertiary alicyclic amines) is 1. The molecule has 6 heteroatoms. The van der Waals surface area contributed by atoms with Crippen molar-refractivity contribution < 1.29 is 19.4 Å². The van der Waals surface area contributed by atoms with Crippen molar-refractivity contribution in [2.24, 2.45) is 5.92 Å². The van der Waals surface area contributed by atoms with Gasteiger partial charge in [0.15, 0.2) is 0 Å². The van der Waals surface area contributed by atoms with Gasteiger partial charge in [-0.15, -0.1) is 0 Å². The molecule has 2 amide bonds. The summed E-state index contributed by atoms with van der Waals surface area (Å²) in [6.07, 6.45) is 3.41. The maximum atomic E-state index is 12.7. The lowest BCUT2D eigenvalue weighted by atomic mass is 9.86. The summed E-state index contributed by atoms with van der Waals surface area (Å²) in [5, 5.41) is 13.1. The number of benzene rings is 1. The van der Waals surface area contributed by atoms with Gasteiger partial charge in [-0.2, -0.15) is 0 Å². The van der Waals surface area contributed by atoms with E-state index < -0.39 is 18.2 Å². The number of carbonyl (C=O) groups excluding carboxylic acids is 2. The Morgan fingerprint density at radius 2 is 1.96 bits per heavy atom. The normalized spacial score (nSPS) is 28.6. The number of ether oxygens (including phenoxy) is 1. The van der Waals surface area contributed by atoms with E-state index in [9.17, 15) is 14.7 Å². The second kappa shape index (κ2) is 8.54. The molecule has 26 heavy (non-hydrogen) atoms. The average molecular weight is 360 g/mol. The summed E-state index contributed by atoms with van der Waals surface area (Å²) < 4.78 is 5.35. The lowest BCUT2D eigenvalue weighted by Gasteiger charge is -2.31. The fourth-order valence-electron chi connectivity index (χ4n) is 3.88. The number of rotatable bonds is 4. The predicted octanol–water partition coefficient (Wildman–Crippen LogP) is 2.45. The van der Waals surface area contributed by atoms with Crippen LogP contribution < -0.4 is 5.32 Å². The molecule has 0 unspecified atom stereocenters. The second-order valence-corrected chi connectivity index (χ2v) is 7.47. The molecule has 1 aliphatic heterocycles. The van der Waals surface area contributed by atoms with E-state index in [1.54, 1.807) is 0 Å². The molecule has 2 aliphatic rings. The molecule has 2 N–H and O–H groups in total. The van der Waals surface area contributed by atoms with Crippen LogP contribution in [-0.2, 0) is 16.1 Å². The molecular formula is C20H28N2O4. The Morgan fingerprint density at radius 3 is 2.69 bits per heavy atom. The van der Waals surface area contributed by atoms with Gasteiger partial charge in [-0.05, 0) is 24.3 Å². The van der Waals surface area contributed by atoms with Crippen molar-refractivity contribution in [2.45, 2.75) is 63.8 Å². The number of aliphatic hydroxyl groups is 1. The van der Waals surface area contributed by atoms with Gasteiger partial charge in [-0.1, -0.05) is 50.1 Å². The van der Waals surface area contributed by atoms with Crippen LogP contribution in [0.1, 0.15) is 44.6 Å². The third kappa shape index (κ3) is 4.55. The fraction of sp³-hybridized carbons (Fsp3) is 0.600. The van der Waals surface area contributed by atoms with E-state index in [1.807, 2.05) is 30.3 Å². The minimum absolute atomic E-state index is 0.131.